The number of rotatable bonds is 8. The van der Waals surface area contributed by atoms with E-state index < -0.39 is 11.9 Å². The van der Waals surface area contributed by atoms with Crippen molar-refractivity contribution in [2.24, 2.45) is 0 Å². The summed E-state index contributed by atoms with van der Waals surface area (Å²) in [5.74, 6) is -1.14. The van der Waals surface area contributed by atoms with Crippen LogP contribution >= 0.6 is 0 Å². The fraction of sp³-hybridized carbons (Fsp3) is 0.312. The van der Waals surface area contributed by atoms with E-state index in [0.717, 1.165) is 0 Å². The van der Waals surface area contributed by atoms with Crippen LogP contribution in [0.4, 0.5) is 0 Å². The van der Waals surface area contributed by atoms with Gasteiger partial charge in [-0.3, -0.25) is 9.59 Å². The number of hydrogen-bond donors (Lipinski definition) is 0. The van der Waals surface area contributed by atoms with Crippen LogP contribution in [-0.4, -0.2) is 24.3 Å². The summed E-state index contributed by atoms with van der Waals surface area (Å²) in [6.45, 7) is 5.04. The molecule has 0 aliphatic heterocycles. The number of benzene rings is 1. The Kier molecular flexibility index (Phi) is 6.87. The van der Waals surface area contributed by atoms with Crippen molar-refractivity contribution in [3.63, 3.8) is 0 Å². The van der Waals surface area contributed by atoms with E-state index in [1.54, 1.807) is 30.3 Å². The lowest BCUT2D eigenvalue weighted by Crippen LogP contribution is -2.18. The maximum Gasteiger partial charge on any atom is 0.334 e. The average molecular weight is 290 g/mol. The highest BCUT2D eigenvalue weighted by molar-refractivity contribution is 5.95. The summed E-state index contributed by atoms with van der Waals surface area (Å²) in [5, 5.41) is 0. The van der Waals surface area contributed by atoms with Gasteiger partial charge in [0, 0.05) is 12.0 Å². The second-order valence-corrected chi connectivity index (χ2v) is 4.43. The summed E-state index contributed by atoms with van der Waals surface area (Å²) < 4.78 is 9.80. The van der Waals surface area contributed by atoms with E-state index in [0.29, 0.717) is 18.6 Å². The van der Waals surface area contributed by atoms with Crippen LogP contribution in [0.1, 0.15) is 26.2 Å². The zero-order valence-corrected chi connectivity index (χ0v) is 12.0. The lowest BCUT2D eigenvalue weighted by molar-refractivity contribution is -0.145. The maximum atomic E-state index is 11.6. The summed E-state index contributed by atoms with van der Waals surface area (Å²) >= 11 is 0. The highest BCUT2D eigenvalue weighted by Crippen LogP contribution is 2.11. The van der Waals surface area contributed by atoms with Crippen molar-refractivity contribution < 1.29 is 23.9 Å². The van der Waals surface area contributed by atoms with Gasteiger partial charge in [0.25, 0.3) is 0 Å². The van der Waals surface area contributed by atoms with E-state index in [2.05, 4.69) is 6.58 Å². The minimum atomic E-state index is -0.760. The van der Waals surface area contributed by atoms with E-state index in [4.69, 9.17) is 9.47 Å². The van der Waals surface area contributed by atoms with Crippen LogP contribution in [0.5, 0.6) is 5.75 Å². The number of ether oxygens (including phenoxy) is 2. The average Bonchev–Trinajstić information content (AvgIpc) is 2.45. The largest absolute Gasteiger partial charge is 0.454 e. The Hall–Kier alpha value is -2.43. The van der Waals surface area contributed by atoms with Crippen LogP contribution in [0.25, 0.3) is 0 Å². The molecule has 0 fully saturated rings. The van der Waals surface area contributed by atoms with Gasteiger partial charge in [-0.25, -0.2) is 4.79 Å². The molecule has 21 heavy (non-hydrogen) atoms. The quantitative estimate of drug-likeness (QED) is 0.418. The first-order chi connectivity index (χ1) is 10.0. The molecule has 0 N–H and O–H groups in total. The third kappa shape index (κ3) is 6.51. The number of carbonyl (C=O) groups is 3. The van der Waals surface area contributed by atoms with Gasteiger partial charge in [0.2, 0.25) is 0 Å². The van der Waals surface area contributed by atoms with Gasteiger partial charge >= 0.3 is 11.9 Å². The second-order valence-electron chi connectivity index (χ2n) is 4.43. The normalized spacial score (nSPS) is 9.76. The van der Waals surface area contributed by atoms with Gasteiger partial charge < -0.3 is 9.47 Å². The molecule has 0 aliphatic carbocycles. The van der Waals surface area contributed by atoms with Crippen LogP contribution < -0.4 is 4.74 Å². The first-order valence-corrected chi connectivity index (χ1v) is 6.65. The molecular weight excluding hydrogens is 272 g/mol. The third-order valence-electron chi connectivity index (χ3n) is 2.51. The monoisotopic (exact) mass is 290 g/mol. The first kappa shape index (κ1) is 16.6. The maximum absolute atomic E-state index is 11.6. The molecule has 0 heterocycles. The van der Waals surface area contributed by atoms with Crippen LogP contribution in [0.15, 0.2) is 42.5 Å². The van der Waals surface area contributed by atoms with Gasteiger partial charge in [0.15, 0.2) is 5.78 Å². The molecule has 0 bridgehead atoms. The SMILES string of the molecule is C=C(CC(=O)Oc1ccccc1)C(=O)OCC(=O)CCC. The van der Waals surface area contributed by atoms with Gasteiger partial charge in [-0.1, -0.05) is 31.7 Å². The molecule has 112 valence electrons. The fourth-order valence-corrected chi connectivity index (χ4v) is 1.50. The van der Waals surface area contributed by atoms with Crippen LogP contribution in [-0.2, 0) is 19.1 Å². The van der Waals surface area contributed by atoms with Gasteiger partial charge in [-0.15, -0.1) is 0 Å². The molecule has 0 aromatic heterocycles. The molecule has 0 atom stereocenters. The summed E-state index contributed by atoms with van der Waals surface area (Å²) in [6, 6.07) is 8.50. The molecule has 0 spiro atoms. The summed E-state index contributed by atoms with van der Waals surface area (Å²) in [4.78, 5) is 34.4. The minimum absolute atomic E-state index is 0.0415. The molecule has 0 saturated heterocycles. The topological polar surface area (TPSA) is 69.7 Å². The van der Waals surface area contributed by atoms with Gasteiger partial charge in [0.05, 0.1) is 6.42 Å². The molecule has 0 saturated carbocycles. The summed E-state index contributed by atoms with van der Waals surface area (Å²) in [5.41, 5.74) is -0.0415. The van der Waals surface area contributed by atoms with E-state index in [1.807, 2.05) is 6.92 Å². The number of para-hydroxylation sites is 1. The number of ketones is 1. The Morgan fingerprint density at radius 3 is 2.43 bits per heavy atom. The molecule has 1 aromatic rings. The van der Waals surface area contributed by atoms with Gasteiger partial charge in [0.1, 0.15) is 12.4 Å². The molecule has 0 unspecified atom stereocenters. The Bertz CT molecular complexity index is 519. The van der Waals surface area contributed by atoms with E-state index >= 15 is 0 Å². The van der Waals surface area contributed by atoms with Crippen LogP contribution in [0.2, 0.25) is 0 Å². The van der Waals surface area contributed by atoms with Gasteiger partial charge in [-0.05, 0) is 18.6 Å². The Labute approximate surface area is 123 Å². The molecular formula is C16H18O5. The van der Waals surface area contributed by atoms with E-state index in [-0.39, 0.29) is 24.4 Å². The molecule has 0 aliphatic rings. The van der Waals surface area contributed by atoms with Crippen LogP contribution in [0, 0.1) is 0 Å². The van der Waals surface area contributed by atoms with E-state index in [9.17, 15) is 14.4 Å². The predicted molar refractivity (Wildman–Crippen MR) is 76.7 cm³/mol. The number of Topliss-reactive ketones (excluding diaryl/α,β-unsaturated/α-hetero) is 1. The predicted octanol–water partition coefficient (Wildman–Crippen LogP) is 2.45. The van der Waals surface area contributed by atoms with Gasteiger partial charge in [-0.2, -0.15) is 0 Å². The summed E-state index contributed by atoms with van der Waals surface area (Å²) in [7, 11) is 0. The molecule has 1 aromatic carbocycles. The van der Waals surface area contributed by atoms with Crippen molar-refractivity contribution in [2.45, 2.75) is 26.2 Å². The third-order valence-corrected chi connectivity index (χ3v) is 2.51. The molecule has 1 rings (SSSR count). The van der Waals surface area contributed by atoms with Crippen molar-refractivity contribution in [3.8, 4) is 5.75 Å². The standard InChI is InChI=1S/C16H18O5/c1-3-7-13(17)11-20-16(19)12(2)10-15(18)21-14-8-5-4-6-9-14/h4-6,8-9H,2-3,7,10-11H2,1H3. The zero-order valence-electron chi connectivity index (χ0n) is 12.0. The lowest BCUT2D eigenvalue weighted by Gasteiger charge is -2.07. The number of carbonyl (C=O) groups excluding carboxylic acids is 3. The summed E-state index contributed by atoms with van der Waals surface area (Å²) in [6.07, 6.45) is 0.770. The highest BCUT2D eigenvalue weighted by Gasteiger charge is 2.16. The Morgan fingerprint density at radius 1 is 1.14 bits per heavy atom. The lowest BCUT2D eigenvalue weighted by atomic mass is 10.2. The van der Waals surface area contributed by atoms with Crippen molar-refractivity contribution in [1.82, 2.24) is 0 Å². The first-order valence-electron chi connectivity index (χ1n) is 6.65. The number of esters is 2. The minimum Gasteiger partial charge on any atom is -0.454 e. The molecule has 0 amide bonds. The Morgan fingerprint density at radius 2 is 1.81 bits per heavy atom. The van der Waals surface area contributed by atoms with Crippen molar-refractivity contribution >= 4 is 17.7 Å². The molecule has 0 radical (unpaired) electrons. The van der Waals surface area contributed by atoms with E-state index in [1.165, 1.54) is 0 Å². The smallest absolute Gasteiger partial charge is 0.334 e. The Balaban J connectivity index is 2.36. The number of hydrogen-bond acceptors (Lipinski definition) is 5. The highest BCUT2D eigenvalue weighted by atomic mass is 16.5. The molecule has 5 nitrogen and oxygen atoms in total. The van der Waals surface area contributed by atoms with Crippen LogP contribution in [0.3, 0.4) is 0 Å². The second kappa shape index (κ2) is 8.68. The van der Waals surface area contributed by atoms with Crippen molar-refractivity contribution in [3.05, 3.63) is 42.5 Å². The van der Waals surface area contributed by atoms with Crippen molar-refractivity contribution in [2.75, 3.05) is 6.61 Å². The molecule has 5 heteroatoms. The fourth-order valence-electron chi connectivity index (χ4n) is 1.50. The van der Waals surface area contributed by atoms with Crippen molar-refractivity contribution in [1.29, 1.82) is 0 Å². The zero-order chi connectivity index (χ0) is 15.7.